The van der Waals surface area contributed by atoms with Crippen molar-refractivity contribution >= 4 is 29.0 Å². The van der Waals surface area contributed by atoms with Gasteiger partial charge in [0, 0.05) is 17.1 Å². The van der Waals surface area contributed by atoms with E-state index in [1.165, 1.54) is 0 Å². The van der Waals surface area contributed by atoms with Crippen LogP contribution in [0.15, 0.2) is 54.6 Å². The third-order valence-corrected chi connectivity index (χ3v) is 2.81. The van der Waals surface area contributed by atoms with Gasteiger partial charge in [0.2, 0.25) is 5.78 Å². The standard InChI is InChI=1S/C15H12ClNO2/c16-12-6-8-13(9-7-12)17-15(19)14(18)10-11-4-2-1-3-5-11/h1-9H,10H2,(H,17,19). The van der Waals surface area contributed by atoms with Gasteiger partial charge in [-0.05, 0) is 29.8 Å². The maximum absolute atomic E-state index is 11.7. The number of hydrogen-bond acceptors (Lipinski definition) is 2. The van der Waals surface area contributed by atoms with E-state index in [0.29, 0.717) is 10.7 Å². The van der Waals surface area contributed by atoms with Crippen LogP contribution in [0.1, 0.15) is 5.56 Å². The summed E-state index contributed by atoms with van der Waals surface area (Å²) in [6, 6.07) is 15.8. The molecule has 0 heterocycles. The fraction of sp³-hybridized carbons (Fsp3) is 0.0667. The van der Waals surface area contributed by atoms with Crippen LogP contribution in [0.2, 0.25) is 5.02 Å². The number of halogens is 1. The number of Topliss-reactive ketones (excluding diaryl/α,β-unsaturated/α-hetero) is 1. The number of anilines is 1. The molecule has 19 heavy (non-hydrogen) atoms. The zero-order chi connectivity index (χ0) is 13.7. The quantitative estimate of drug-likeness (QED) is 0.870. The fourth-order valence-corrected chi connectivity index (χ4v) is 1.72. The van der Waals surface area contributed by atoms with E-state index < -0.39 is 11.7 Å². The average molecular weight is 274 g/mol. The number of rotatable bonds is 4. The van der Waals surface area contributed by atoms with E-state index in [1.807, 2.05) is 30.3 Å². The van der Waals surface area contributed by atoms with Crippen LogP contribution in [0.25, 0.3) is 0 Å². The van der Waals surface area contributed by atoms with Gasteiger partial charge in [0.1, 0.15) is 0 Å². The van der Waals surface area contributed by atoms with E-state index in [9.17, 15) is 9.59 Å². The molecule has 0 aliphatic carbocycles. The van der Waals surface area contributed by atoms with Gasteiger partial charge >= 0.3 is 0 Å². The molecule has 0 aliphatic heterocycles. The highest BCUT2D eigenvalue weighted by Gasteiger charge is 2.14. The zero-order valence-corrected chi connectivity index (χ0v) is 10.9. The summed E-state index contributed by atoms with van der Waals surface area (Å²) in [6.07, 6.45) is 0.0975. The SMILES string of the molecule is O=C(Cc1ccccc1)C(=O)Nc1ccc(Cl)cc1. The summed E-state index contributed by atoms with van der Waals surface area (Å²) in [5.41, 5.74) is 1.37. The fourth-order valence-electron chi connectivity index (χ4n) is 1.60. The van der Waals surface area contributed by atoms with Crippen molar-refractivity contribution in [1.29, 1.82) is 0 Å². The Morgan fingerprint density at radius 3 is 2.21 bits per heavy atom. The lowest BCUT2D eigenvalue weighted by molar-refractivity contribution is -0.134. The normalized spacial score (nSPS) is 9.95. The molecule has 1 N–H and O–H groups in total. The van der Waals surface area contributed by atoms with Crippen molar-refractivity contribution in [3.8, 4) is 0 Å². The van der Waals surface area contributed by atoms with E-state index in [4.69, 9.17) is 11.6 Å². The highest BCUT2D eigenvalue weighted by Crippen LogP contribution is 2.13. The van der Waals surface area contributed by atoms with Gasteiger partial charge < -0.3 is 5.32 Å². The summed E-state index contributed by atoms with van der Waals surface area (Å²) in [6.45, 7) is 0. The zero-order valence-electron chi connectivity index (χ0n) is 10.1. The molecule has 2 aromatic rings. The molecular weight excluding hydrogens is 262 g/mol. The Bertz CT molecular complexity index is 579. The predicted molar refractivity (Wildman–Crippen MR) is 75.2 cm³/mol. The van der Waals surface area contributed by atoms with Crippen LogP contribution in [0, 0.1) is 0 Å². The Kier molecular flexibility index (Phi) is 4.31. The van der Waals surface area contributed by atoms with Crippen LogP contribution < -0.4 is 5.32 Å². The number of benzene rings is 2. The second-order valence-electron chi connectivity index (χ2n) is 4.05. The molecule has 2 rings (SSSR count). The molecule has 0 atom stereocenters. The summed E-state index contributed by atoms with van der Waals surface area (Å²) in [5, 5.41) is 3.12. The molecule has 0 unspecified atom stereocenters. The molecule has 1 amide bonds. The topological polar surface area (TPSA) is 46.2 Å². The molecule has 3 nitrogen and oxygen atoms in total. The first-order chi connectivity index (χ1) is 9.15. The number of hydrogen-bond donors (Lipinski definition) is 1. The second kappa shape index (κ2) is 6.16. The minimum absolute atomic E-state index is 0.0975. The minimum Gasteiger partial charge on any atom is -0.319 e. The van der Waals surface area contributed by atoms with Crippen molar-refractivity contribution in [3.63, 3.8) is 0 Å². The van der Waals surface area contributed by atoms with Gasteiger partial charge in [-0.15, -0.1) is 0 Å². The van der Waals surface area contributed by atoms with Gasteiger partial charge in [0.25, 0.3) is 5.91 Å². The molecule has 0 bridgehead atoms. The van der Waals surface area contributed by atoms with Crippen LogP contribution in [-0.4, -0.2) is 11.7 Å². The Morgan fingerprint density at radius 1 is 0.947 bits per heavy atom. The highest BCUT2D eigenvalue weighted by molar-refractivity contribution is 6.41. The summed E-state index contributed by atoms with van der Waals surface area (Å²) in [5.74, 6) is -1.09. The molecule has 0 fully saturated rings. The summed E-state index contributed by atoms with van der Waals surface area (Å²) < 4.78 is 0. The minimum atomic E-state index is -0.619. The molecule has 0 saturated heterocycles. The van der Waals surface area contributed by atoms with Gasteiger partial charge in [0.15, 0.2) is 0 Å². The maximum Gasteiger partial charge on any atom is 0.292 e. The van der Waals surface area contributed by atoms with Crippen molar-refractivity contribution in [3.05, 3.63) is 65.2 Å². The Morgan fingerprint density at radius 2 is 1.58 bits per heavy atom. The highest BCUT2D eigenvalue weighted by atomic mass is 35.5. The van der Waals surface area contributed by atoms with Crippen molar-refractivity contribution in [2.24, 2.45) is 0 Å². The van der Waals surface area contributed by atoms with Gasteiger partial charge in [-0.1, -0.05) is 41.9 Å². The molecule has 96 valence electrons. The molecule has 4 heteroatoms. The Hall–Kier alpha value is -2.13. The largest absolute Gasteiger partial charge is 0.319 e. The van der Waals surface area contributed by atoms with Gasteiger partial charge in [-0.25, -0.2) is 0 Å². The Labute approximate surface area is 116 Å². The first-order valence-electron chi connectivity index (χ1n) is 5.79. The van der Waals surface area contributed by atoms with E-state index in [0.717, 1.165) is 5.56 Å². The molecule has 0 aromatic heterocycles. The maximum atomic E-state index is 11.7. The van der Waals surface area contributed by atoms with E-state index in [2.05, 4.69) is 5.32 Å². The lowest BCUT2D eigenvalue weighted by Gasteiger charge is -2.04. The average Bonchev–Trinajstić information content (AvgIpc) is 2.42. The summed E-state index contributed by atoms with van der Waals surface area (Å²) >= 11 is 5.74. The molecule has 0 radical (unpaired) electrons. The van der Waals surface area contributed by atoms with Gasteiger partial charge in [0.05, 0.1) is 0 Å². The number of carbonyl (C=O) groups excluding carboxylic acids is 2. The van der Waals surface area contributed by atoms with Crippen LogP contribution in [0.3, 0.4) is 0 Å². The molecule has 0 spiro atoms. The van der Waals surface area contributed by atoms with Gasteiger partial charge in [-0.3, -0.25) is 9.59 Å². The van der Waals surface area contributed by atoms with E-state index >= 15 is 0 Å². The summed E-state index contributed by atoms with van der Waals surface area (Å²) in [4.78, 5) is 23.5. The number of carbonyl (C=O) groups is 2. The number of amides is 1. The first kappa shape index (κ1) is 13.3. The first-order valence-corrected chi connectivity index (χ1v) is 6.16. The molecule has 2 aromatic carbocycles. The van der Waals surface area contributed by atoms with E-state index in [1.54, 1.807) is 24.3 Å². The third-order valence-electron chi connectivity index (χ3n) is 2.56. The van der Waals surface area contributed by atoms with Crippen molar-refractivity contribution < 1.29 is 9.59 Å². The molecule has 0 saturated carbocycles. The van der Waals surface area contributed by atoms with Crippen LogP contribution in [-0.2, 0) is 16.0 Å². The second-order valence-corrected chi connectivity index (χ2v) is 4.48. The lowest BCUT2D eigenvalue weighted by atomic mass is 10.1. The molecular formula is C15H12ClNO2. The Balaban J connectivity index is 1.96. The number of nitrogens with one attached hydrogen (secondary N) is 1. The van der Waals surface area contributed by atoms with Crippen LogP contribution >= 0.6 is 11.6 Å². The van der Waals surface area contributed by atoms with E-state index in [-0.39, 0.29) is 6.42 Å². The van der Waals surface area contributed by atoms with Crippen molar-refractivity contribution in [2.45, 2.75) is 6.42 Å². The van der Waals surface area contributed by atoms with Gasteiger partial charge in [-0.2, -0.15) is 0 Å². The predicted octanol–water partition coefficient (Wildman–Crippen LogP) is 3.09. The summed E-state index contributed by atoms with van der Waals surface area (Å²) in [7, 11) is 0. The van der Waals surface area contributed by atoms with Crippen LogP contribution in [0.5, 0.6) is 0 Å². The molecule has 0 aliphatic rings. The number of ketones is 1. The lowest BCUT2D eigenvalue weighted by Crippen LogP contribution is -2.24. The monoisotopic (exact) mass is 273 g/mol. The van der Waals surface area contributed by atoms with Crippen LogP contribution in [0.4, 0.5) is 5.69 Å². The smallest absolute Gasteiger partial charge is 0.292 e. The van der Waals surface area contributed by atoms with Crippen molar-refractivity contribution in [2.75, 3.05) is 5.32 Å². The third kappa shape index (κ3) is 3.93. The van der Waals surface area contributed by atoms with Crippen molar-refractivity contribution in [1.82, 2.24) is 0 Å².